The van der Waals surface area contributed by atoms with Crippen LogP contribution < -0.4 is 0 Å². The zero-order valence-electron chi connectivity index (χ0n) is 8.64. The quantitative estimate of drug-likeness (QED) is 0.666. The topological polar surface area (TPSA) is 0 Å². The summed E-state index contributed by atoms with van der Waals surface area (Å²) in [4.78, 5) is 1.43. The van der Waals surface area contributed by atoms with Crippen molar-refractivity contribution < 1.29 is 0 Å². The van der Waals surface area contributed by atoms with Gasteiger partial charge in [0, 0.05) is 14.7 Å². The van der Waals surface area contributed by atoms with Gasteiger partial charge in [-0.3, -0.25) is 0 Å². The Morgan fingerprint density at radius 2 is 2.21 bits per heavy atom. The summed E-state index contributed by atoms with van der Waals surface area (Å²) < 4.78 is 1.21. The summed E-state index contributed by atoms with van der Waals surface area (Å²) >= 11 is 5.35. The Kier molecular flexibility index (Phi) is 2.85. The Bertz CT molecular complexity index is 360. The van der Waals surface area contributed by atoms with Crippen molar-refractivity contribution in [1.82, 2.24) is 0 Å². The van der Waals surface area contributed by atoms with E-state index in [1.807, 2.05) is 11.3 Å². The minimum absolute atomic E-state index is 0.393. The maximum absolute atomic E-state index is 3.51. The largest absolute Gasteiger partial charge is 0.143 e. The minimum Gasteiger partial charge on any atom is -0.143 e. The first-order chi connectivity index (χ1) is 6.57. The molecule has 14 heavy (non-hydrogen) atoms. The van der Waals surface area contributed by atoms with Crippen LogP contribution in [0.3, 0.4) is 0 Å². The van der Waals surface area contributed by atoms with Crippen LogP contribution in [-0.4, -0.2) is 0 Å². The van der Waals surface area contributed by atoms with Gasteiger partial charge in [-0.2, -0.15) is 0 Å². The number of rotatable bonds is 1. The van der Waals surface area contributed by atoms with E-state index in [1.54, 1.807) is 0 Å². The highest BCUT2D eigenvalue weighted by molar-refractivity contribution is 9.10. The molecule has 1 aromatic heterocycles. The number of halogens is 1. The summed E-state index contributed by atoms with van der Waals surface area (Å²) in [6.07, 6.45) is 6.35. The molecule has 1 aliphatic carbocycles. The van der Waals surface area contributed by atoms with E-state index in [2.05, 4.69) is 47.3 Å². The summed E-state index contributed by atoms with van der Waals surface area (Å²) in [6, 6.07) is 2.23. The molecule has 0 fully saturated rings. The molecule has 0 atom stereocenters. The van der Waals surface area contributed by atoms with Gasteiger partial charge in [0.25, 0.3) is 0 Å². The number of allylic oxidation sites excluding steroid dienone is 2. The Morgan fingerprint density at radius 1 is 1.43 bits per heavy atom. The second-order valence-electron chi connectivity index (χ2n) is 4.64. The van der Waals surface area contributed by atoms with Gasteiger partial charge in [0.1, 0.15) is 0 Å². The van der Waals surface area contributed by atoms with Crippen molar-refractivity contribution in [1.29, 1.82) is 0 Å². The fraction of sp³-hybridized carbons (Fsp3) is 0.500. The third-order valence-corrected chi connectivity index (χ3v) is 4.48. The van der Waals surface area contributed by atoms with Crippen LogP contribution in [0, 0.1) is 5.41 Å². The van der Waals surface area contributed by atoms with Gasteiger partial charge < -0.3 is 0 Å². The van der Waals surface area contributed by atoms with Crippen molar-refractivity contribution >= 4 is 32.8 Å². The smallest absolute Gasteiger partial charge is 0.0310 e. The van der Waals surface area contributed by atoms with Gasteiger partial charge in [0.05, 0.1) is 0 Å². The van der Waals surface area contributed by atoms with Gasteiger partial charge in [0.15, 0.2) is 0 Å². The first-order valence-corrected chi connectivity index (χ1v) is 6.70. The summed E-state index contributed by atoms with van der Waals surface area (Å²) in [5.41, 5.74) is 1.93. The van der Waals surface area contributed by atoms with Crippen molar-refractivity contribution in [3.8, 4) is 0 Å². The first-order valence-electron chi connectivity index (χ1n) is 5.03. The van der Waals surface area contributed by atoms with Crippen LogP contribution in [0.4, 0.5) is 0 Å². The van der Waals surface area contributed by atoms with E-state index in [-0.39, 0.29) is 0 Å². The highest BCUT2D eigenvalue weighted by Gasteiger charge is 2.21. The lowest BCUT2D eigenvalue weighted by atomic mass is 9.79. The molecule has 0 N–H and O–H groups in total. The van der Waals surface area contributed by atoms with Crippen molar-refractivity contribution in [3.63, 3.8) is 0 Å². The number of hydrogen-bond acceptors (Lipinski definition) is 1. The van der Waals surface area contributed by atoms with Crippen LogP contribution in [0.5, 0.6) is 0 Å². The van der Waals surface area contributed by atoms with Crippen molar-refractivity contribution in [2.24, 2.45) is 5.41 Å². The summed E-state index contributed by atoms with van der Waals surface area (Å²) in [5, 5.41) is 2.16. The van der Waals surface area contributed by atoms with Crippen molar-refractivity contribution in [3.05, 3.63) is 26.9 Å². The second-order valence-corrected chi connectivity index (χ2v) is 6.47. The van der Waals surface area contributed by atoms with Crippen LogP contribution in [-0.2, 0) is 0 Å². The van der Waals surface area contributed by atoms with E-state index >= 15 is 0 Å². The van der Waals surface area contributed by atoms with Crippen LogP contribution in [0.2, 0.25) is 0 Å². The average Bonchev–Trinajstić information content (AvgIpc) is 2.50. The van der Waals surface area contributed by atoms with Crippen LogP contribution >= 0.6 is 27.3 Å². The van der Waals surface area contributed by atoms with Crippen molar-refractivity contribution in [2.45, 2.75) is 33.1 Å². The molecule has 0 saturated carbocycles. The summed E-state index contributed by atoms with van der Waals surface area (Å²) in [5.74, 6) is 0. The molecule has 1 aliphatic rings. The Hall–Kier alpha value is -0.0800. The standard InChI is InChI=1S/C12H15BrS/c1-12(2)5-3-4-9(7-12)11-6-10(13)8-14-11/h6-8H,3-5H2,1-2H3. The molecule has 0 amide bonds. The van der Waals surface area contributed by atoms with Gasteiger partial charge in [-0.25, -0.2) is 0 Å². The molecular formula is C12H15BrS. The molecule has 0 nitrogen and oxygen atoms in total. The Labute approximate surface area is 98.2 Å². The second kappa shape index (κ2) is 3.82. The molecule has 76 valence electrons. The monoisotopic (exact) mass is 270 g/mol. The molecule has 1 aromatic rings. The molecule has 0 bridgehead atoms. The maximum Gasteiger partial charge on any atom is 0.0310 e. The maximum atomic E-state index is 3.51. The van der Waals surface area contributed by atoms with Crippen LogP contribution in [0.1, 0.15) is 38.0 Å². The number of thiophene rings is 1. The Balaban J connectivity index is 2.30. The van der Waals surface area contributed by atoms with E-state index < -0.39 is 0 Å². The third-order valence-electron chi connectivity index (χ3n) is 2.72. The molecule has 0 saturated heterocycles. The van der Waals surface area contributed by atoms with Crippen LogP contribution in [0.25, 0.3) is 5.57 Å². The normalized spacial score (nSPS) is 20.6. The minimum atomic E-state index is 0.393. The molecule has 2 heteroatoms. The SMILES string of the molecule is CC1(C)C=C(c2cc(Br)cs2)CCC1. The van der Waals surface area contributed by atoms with Gasteiger partial charge in [-0.1, -0.05) is 19.9 Å². The van der Waals surface area contributed by atoms with Gasteiger partial charge in [0.2, 0.25) is 0 Å². The molecular weight excluding hydrogens is 256 g/mol. The van der Waals surface area contributed by atoms with Crippen molar-refractivity contribution in [2.75, 3.05) is 0 Å². The first kappa shape index (κ1) is 10.4. The summed E-state index contributed by atoms with van der Waals surface area (Å²) in [7, 11) is 0. The lowest BCUT2D eigenvalue weighted by molar-refractivity contribution is 0.411. The van der Waals surface area contributed by atoms with Gasteiger partial charge in [-0.05, 0) is 52.2 Å². The lowest BCUT2D eigenvalue weighted by Crippen LogP contribution is -2.12. The van der Waals surface area contributed by atoms with E-state index in [4.69, 9.17) is 0 Å². The predicted molar refractivity (Wildman–Crippen MR) is 67.6 cm³/mol. The molecule has 2 rings (SSSR count). The molecule has 0 aliphatic heterocycles. The van der Waals surface area contributed by atoms with E-state index in [0.29, 0.717) is 5.41 Å². The van der Waals surface area contributed by atoms with E-state index in [9.17, 15) is 0 Å². The fourth-order valence-corrected chi connectivity index (χ4v) is 3.50. The Morgan fingerprint density at radius 3 is 2.79 bits per heavy atom. The highest BCUT2D eigenvalue weighted by Crippen LogP contribution is 2.39. The lowest BCUT2D eigenvalue weighted by Gasteiger charge is -2.27. The molecule has 1 heterocycles. The van der Waals surface area contributed by atoms with Gasteiger partial charge in [-0.15, -0.1) is 11.3 Å². The summed E-state index contributed by atoms with van der Waals surface area (Å²) in [6.45, 7) is 4.66. The molecule has 0 unspecified atom stereocenters. The number of hydrogen-bond donors (Lipinski definition) is 0. The van der Waals surface area contributed by atoms with E-state index in [0.717, 1.165) is 0 Å². The zero-order valence-corrected chi connectivity index (χ0v) is 11.0. The fourth-order valence-electron chi connectivity index (χ4n) is 2.03. The molecule has 0 radical (unpaired) electrons. The highest BCUT2D eigenvalue weighted by atomic mass is 79.9. The zero-order chi connectivity index (χ0) is 10.2. The molecule has 0 aromatic carbocycles. The molecule has 0 spiro atoms. The van der Waals surface area contributed by atoms with E-state index in [1.165, 1.54) is 34.2 Å². The third kappa shape index (κ3) is 2.29. The predicted octanol–water partition coefficient (Wildman–Crippen LogP) is 5.10. The van der Waals surface area contributed by atoms with Crippen LogP contribution in [0.15, 0.2) is 22.0 Å². The average molecular weight is 271 g/mol. The van der Waals surface area contributed by atoms with Gasteiger partial charge >= 0.3 is 0 Å².